The topological polar surface area (TPSA) is 63.8 Å². The SMILES string of the molecule is CC(Nc1nc(N)ncc1Cl)c1ccc(Br)cc1. The van der Waals surface area contributed by atoms with E-state index in [1.54, 1.807) is 0 Å². The zero-order chi connectivity index (χ0) is 13.1. The molecule has 0 fully saturated rings. The molecule has 0 spiro atoms. The van der Waals surface area contributed by atoms with Crippen molar-refractivity contribution < 1.29 is 0 Å². The second kappa shape index (κ2) is 5.54. The molecular formula is C12H12BrClN4. The highest BCUT2D eigenvalue weighted by Crippen LogP contribution is 2.24. The van der Waals surface area contributed by atoms with Crippen molar-refractivity contribution in [2.45, 2.75) is 13.0 Å². The van der Waals surface area contributed by atoms with E-state index in [1.165, 1.54) is 6.20 Å². The van der Waals surface area contributed by atoms with Gasteiger partial charge in [-0.05, 0) is 24.6 Å². The molecule has 0 saturated heterocycles. The molecule has 1 unspecified atom stereocenters. The standard InChI is InChI=1S/C12H12BrClN4/c1-7(8-2-4-9(13)5-3-8)17-11-10(14)6-16-12(15)18-11/h2-7H,1H3,(H3,15,16,17,18). The van der Waals surface area contributed by atoms with Crippen molar-refractivity contribution in [3.63, 3.8) is 0 Å². The van der Waals surface area contributed by atoms with Crippen molar-refractivity contribution in [1.82, 2.24) is 9.97 Å². The van der Waals surface area contributed by atoms with Crippen LogP contribution in [0.15, 0.2) is 34.9 Å². The van der Waals surface area contributed by atoms with Gasteiger partial charge in [0, 0.05) is 10.5 Å². The van der Waals surface area contributed by atoms with E-state index in [-0.39, 0.29) is 12.0 Å². The first-order valence-electron chi connectivity index (χ1n) is 5.36. The monoisotopic (exact) mass is 326 g/mol. The minimum atomic E-state index is 0.0740. The van der Waals surface area contributed by atoms with E-state index in [1.807, 2.05) is 31.2 Å². The van der Waals surface area contributed by atoms with Gasteiger partial charge in [0.2, 0.25) is 5.95 Å². The fourth-order valence-electron chi connectivity index (χ4n) is 1.52. The van der Waals surface area contributed by atoms with E-state index >= 15 is 0 Å². The minimum Gasteiger partial charge on any atom is -0.368 e. The first-order valence-corrected chi connectivity index (χ1v) is 6.53. The van der Waals surface area contributed by atoms with E-state index in [0.717, 1.165) is 10.0 Å². The molecule has 1 aromatic carbocycles. The van der Waals surface area contributed by atoms with E-state index in [9.17, 15) is 0 Å². The zero-order valence-corrected chi connectivity index (χ0v) is 12.0. The van der Waals surface area contributed by atoms with Crippen molar-refractivity contribution >= 4 is 39.3 Å². The smallest absolute Gasteiger partial charge is 0.222 e. The van der Waals surface area contributed by atoms with Crippen LogP contribution in [0.3, 0.4) is 0 Å². The molecule has 4 nitrogen and oxygen atoms in total. The summed E-state index contributed by atoms with van der Waals surface area (Å²) < 4.78 is 1.04. The molecule has 94 valence electrons. The number of nitrogens with one attached hydrogen (secondary N) is 1. The number of hydrogen-bond acceptors (Lipinski definition) is 4. The summed E-state index contributed by atoms with van der Waals surface area (Å²) >= 11 is 9.41. The van der Waals surface area contributed by atoms with E-state index in [2.05, 4.69) is 31.2 Å². The maximum atomic E-state index is 6.00. The van der Waals surface area contributed by atoms with Gasteiger partial charge < -0.3 is 11.1 Å². The maximum absolute atomic E-state index is 6.00. The van der Waals surface area contributed by atoms with Crippen molar-refractivity contribution in [3.8, 4) is 0 Å². The molecule has 18 heavy (non-hydrogen) atoms. The largest absolute Gasteiger partial charge is 0.368 e. The van der Waals surface area contributed by atoms with Gasteiger partial charge in [-0.3, -0.25) is 0 Å². The van der Waals surface area contributed by atoms with Gasteiger partial charge in [-0.2, -0.15) is 4.98 Å². The Balaban J connectivity index is 2.18. The Bertz CT molecular complexity index is 544. The number of benzene rings is 1. The number of nitrogen functional groups attached to an aromatic ring is 1. The van der Waals surface area contributed by atoms with Crippen LogP contribution in [0.25, 0.3) is 0 Å². The van der Waals surface area contributed by atoms with Crippen LogP contribution in [0.5, 0.6) is 0 Å². The molecule has 2 rings (SSSR count). The van der Waals surface area contributed by atoms with Gasteiger partial charge in [0.1, 0.15) is 5.02 Å². The predicted molar refractivity (Wildman–Crippen MR) is 77.6 cm³/mol. The predicted octanol–water partition coefficient (Wildman–Crippen LogP) is 3.65. The van der Waals surface area contributed by atoms with Crippen molar-refractivity contribution in [1.29, 1.82) is 0 Å². The van der Waals surface area contributed by atoms with Gasteiger partial charge in [-0.15, -0.1) is 0 Å². The summed E-state index contributed by atoms with van der Waals surface area (Å²) in [5.74, 6) is 0.740. The number of nitrogens with two attached hydrogens (primary N) is 1. The van der Waals surface area contributed by atoms with Crippen molar-refractivity contribution in [2.75, 3.05) is 11.1 Å². The highest BCUT2D eigenvalue weighted by atomic mass is 79.9. The Kier molecular flexibility index (Phi) is 4.04. The molecule has 0 saturated carbocycles. The molecule has 1 aromatic heterocycles. The first kappa shape index (κ1) is 13.1. The summed E-state index contributed by atoms with van der Waals surface area (Å²) in [5.41, 5.74) is 6.67. The molecule has 0 aliphatic carbocycles. The molecule has 1 atom stereocenters. The van der Waals surface area contributed by atoms with Gasteiger partial charge in [0.15, 0.2) is 5.82 Å². The fourth-order valence-corrected chi connectivity index (χ4v) is 1.93. The van der Waals surface area contributed by atoms with Crippen molar-refractivity contribution in [2.24, 2.45) is 0 Å². The highest BCUT2D eigenvalue weighted by Gasteiger charge is 2.09. The lowest BCUT2D eigenvalue weighted by Gasteiger charge is -2.16. The summed E-state index contributed by atoms with van der Waals surface area (Å²) in [6, 6.07) is 8.11. The van der Waals surface area contributed by atoms with Gasteiger partial charge in [0.05, 0.1) is 6.20 Å². The average molecular weight is 328 g/mol. The van der Waals surface area contributed by atoms with E-state index < -0.39 is 0 Å². The van der Waals surface area contributed by atoms with Gasteiger partial charge in [-0.25, -0.2) is 4.98 Å². The van der Waals surface area contributed by atoms with Crippen LogP contribution in [0.1, 0.15) is 18.5 Å². The molecular weight excluding hydrogens is 316 g/mol. The second-order valence-corrected chi connectivity index (χ2v) is 5.17. The van der Waals surface area contributed by atoms with Crippen LogP contribution in [0.2, 0.25) is 5.02 Å². The summed E-state index contributed by atoms with van der Waals surface area (Å²) in [4.78, 5) is 7.89. The van der Waals surface area contributed by atoms with Gasteiger partial charge in [-0.1, -0.05) is 39.7 Å². The normalized spacial score (nSPS) is 12.2. The molecule has 0 aliphatic rings. The summed E-state index contributed by atoms with van der Waals surface area (Å²) in [7, 11) is 0. The Hall–Kier alpha value is -1.33. The number of rotatable bonds is 3. The zero-order valence-electron chi connectivity index (χ0n) is 9.69. The minimum absolute atomic E-state index is 0.0740. The van der Waals surface area contributed by atoms with Crippen molar-refractivity contribution in [3.05, 3.63) is 45.5 Å². The Morgan fingerprint density at radius 3 is 2.67 bits per heavy atom. The van der Waals surface area contributed by atoms with Crippen LogP contribution in [-0.4, -0.2) is 9.97 Å². The number of hydrogen-bond donors (Lipinski definition) is 2. The van der Waals surface area contributed by atoms with E-state index in [0.29, 0.717) is 10.8 Å². The lowest BCUT2D eigenvalue weighted by Crippen LogP contribution is -2.09. The third-order valence-corrected chi connectivity index (χ3v) is 3.29. The maximum Gasteiger partial charge on any atom is 0.222 e. The lowest BCUT2D eigenvalue weighted by atomic mass is 10.1. The first-order chi connectivity index (χ1) is 8.56. The Morgan fingerprint density at radius 1 is 1.33 bits per heavy atom. The van der Waals surface area contributed by atoms with Crippen LogP contribution >= 0.6 is 27.5 Å². The van der Waals surface area contributed by atoms with Crippen LogP contribution in [-0.2, 0) is 0 Å². The number of halogens is 2. The Morgan fingerprint density at radius 2 is 2.00 bits per heavy atom. The molecule has 0 amide bonds. The van der Waals surface area contributed by atoms with Crippen LogP contribution in [0.4, 0.5) is 11.8 Å². The fraction of sp³-hybridized carbons (Fsp3) is 0.167. The number of anilines is 2. The summed E-state index contributed by atoms with van der Waals surface area (Å²) in [5, 5.41) is 3.66. The third kappa shape index (κ3) is 3.11. The van der Waals surface area contributed by atoms with E-state index in [4.69, 9.17) is 17.3 Å². The second-order valence-electron chi connectivity index (χ2n) is 3.84. The Labute approximate surface area is 119 Å². The molecule has 0 aliphatic heterocycles. The quantitative estimate of drug-likeness (QED) is 0.903. The molecule has 3 N–H and O–H groups in total. The van der Waals surface area contributed by atoms with Crippen LogP contribution < -0.4 is 11.1 Å². The molecule has 6 heteroatoms. The molecule has 2 aromatic rings. The molecule has 1 heterocycles. The highest BCUT2D eigenvalue weighted by molar-refractivity contribution is 9.10. The lowest BCUT2D eigenvalue weighted by molar-refractivity contribution is 0.873. The summed E-state index contributed by atoms with van der Waals surface area (Å²) in [6.07, 6.45) is 1.49. The van der Waals surface area contributed by atoms with Gasteiger partial charge in [0.25, 0.3) is 0 Å². The number of nitrogens with zero attached hydrogens (tertiary/aromatic N) is 2. The van der Waals surface area contributed by atoms with Gasteiger partial charge >= 0.3 is 0 Å². The number of aromatic nitrogens is 2. The van der Waals surface area contributed by atoms with Crippen LogP contribution in [0, 0.1) is 0 Å². The third-order valence-electron chi connectivity index (χ3n) is 2.49. The molecule has 0 radical (unpaired) electrons. The average Bonchev–Trinajstić information content (AvgIpc) is 2.34. The molecule has 0 bridgehead atoms. The summed E-state index contributed by atoms with van der Waals surface area (Å²) in [6.45, 7) is 2.03.